The lowest BCUT2D eigenvalue weighted by atomic mass is 10.1. The number of rotatable bonds is 6. The lowest BCUT2D eigenvalue weighted by Crippen LogP contribution is -2.36. The number of nitrogens with zero attached hydrogens (tertiary/aromatic N) is 1. The van der Waals surface area contributed by atoms with E-state index in [1.807, 2.05) is 13.0 Å². The average Bonchev–Trinajstić information content (AvgIpc) is 2.58. The highest BCUT2D eigenvalue weighted by molar-refractivity contribution is 5.79. The first-order chi connectivity index (χ1) is 12.0. The van der Waals surface area contributed by atoms with Crippen molar-refractivity contribution >= 4 is 5.96 Å². The maximum Gasteiger partial charge on any atom is 0.191 e. The molecule has 0 radical (unpaired) electrons. The quantitative estimate of drug-likeness (QED) is 0.557. The molecule has 2 aromatic carbocycles. The number of benzene rings is 2. The van der Waals surface area contributed by atoms with Gasteiger partial charge in [0, 0.05) is 13.1 Å². The number of aliphatic imine (C=N–C) groups is 1. The molecule has 3 N–H and O–H groups in total. The lowest BCUT2D eigenvalue weighted by Gasteiger charge is -2.13. The monoisotopic (exact) mass is 341 g/mol. The summed E-state index contributed by atoms with van der Waals surface area (Å²) in [6.07, 6.45) is 0. The van der Waals surface area contributed by atoms with Crippen LogP contribution in [0, 0.1) is 13.8 Å². The predicted molar refractivity (Wildman–Crippen MR) is 102 cm³/mol. The topological polar surface area (TPSA) is 65.9 Å². The molecule has 0 amide bonds. The molecule has 0 aliphatic rings. The van der Waals surface area contributed by atoms with Gasteiger partial charge >= 0.3 is 0 Å². The summed E-state index contributed by atoms with van der Waals surface area (Å²) in [7, 11) is 1.53. The molecule has 0 spiro atoms. The van der Waals surface area contributed by atoms with Crippen molar-refractivity contribution in [1.82, 2.24) is 10.6 Å². The first kappa shape index (κ1) is 18.6. The maximum atomic E-state index is 9.86. The van der Waals surface area contributed by atoms with E-state index >= 15 is 0 Å². The standard InChI is InChI=1S/C20H27N3O2/c1-5-21-20(23-13-17-8-6-14(2)10-15(17)3)22-12-16-7-9-19(25-4)18(24)11-16/h6-11,24H,5,12-13H2,1-4H3,(H2,21,22,23). The van der Waals surface area contributed by atoms with Crippen LogP contribution in [0.3, 0.4) is 0 Å². The second-order valence-corrected chi connectivity index (χ2v) is 5.98. The van der Waals surface area contributed by atoms with E-state index in [2.05, 4.69) is 47.7 Å². The molecule has 134 valence electrons. The van der Waals surface area contributed by atoms with Crippen molar-refractivity contribution in [2.75, 3.05) is 13.7 Å². The molecule has 0 aliphatic carbocycles. The summed E-state index contributed by atoms with van der Waals surface area (Å²) in [4.78, 5) is 4.59. The Balaban J connectivity index is 2.03. The Hall–Kier alpha value is -2.69. The number of methoxy groups -OCH3 is 1. The van der Waals surface area contributed by atoms with Crippen molar-refractivity contribution < 1.29 is 9.84 Å². The van der Waals surface area contributed by atoms with Crippen molar-refractivity contribution in [2.24, 2.45) is 4.99 Å². The van der Waals surface area contributed by atoms with Gasteiger partial charge in [0.25, 0.3) is 0 Å². The van der Waals surface area contributed by atoms with E-state index in [-0.39, 0.29) is 5.75 Å². The number of phenols is 1. The smallest absolute Gasteiger partial charge is 0.191 e. The van der Waals surface area contributed by atoms with Crippen LogP contribution in [0.2, 0.25) is 0 Å². The summed E-state index contributed by atoms with van der Waals surface area (Å²) < 4.78 is 5.06. The number of hydrogen-bond donors (Lipinski definition) is 3. The van der Waals surface area contributed by atoms with Gasteiger partial charge in [0.15, 0.2) is 17.5 Å². The molecule has 0 unspecified atom stereocenters. The number of ether oxygens (including phenoxy) is 1. The van der Waals surface area contributed by atoms with Crippen molar-refractivity contribution in [2.45, 2.75) is 33.9 Å². The molecule has 0 aromatic heterocycles. The molecular formula is C20H27N3O2. The third-order valence-electron chi connectivity index (χ3n) is 3.95. The summed E-state index contributed by atoms with van der Waals surface area (Å²) in [5, 5.41) is 16.5. The third kappa shape index (κ3) is 5.41. The fourth-order valence-corrected chi connectivity index (χ4v) is 2.57. The molecule has 0 saturated heterocycles. The molecule has 2 aromatic rings. The van der Waals surface area contributed by atoms with E-state index in [1.54, 1.807) is 12.1 Å². The molecule has 0 heterocycles. The van der Waals surface area contributed by atoms with Crippen LogP contribution < -0.4 is 15.4 Å². The highest BCUT2D eigenvalue weighted by Crippen LogP contribution is 2.26. The fourth-order valence-electron chi connectivity index (χ4n) is 2.57. The SMILES string of the molecule is CCNC(=NCc1ccc(OC)c(O)c1)NCc1ccc(C)cc1C. The Kier molecular flexibility index (Phi) is 6.69. The zero-order valence-electron chi connectivity index (χ0n) is 15.4. The lowest BCUT2D eigenvalue weighted by molar-refractivity contribution is 0.373. The highest BCUT2D eigenvalue weighted by Gasteiger charge is 2.04. The largest absolute Gasteiger partial charge is 0.504 e. The summed E-state index contributed by atoms with van der Waals surface area (Å²) in [6, 6.07) is 11.8. The van der Waals surface area contributed by atoms with Gasteiger partial charge in [-0.3, -0.25) is 0 Å². The number of nitrogens with one attached hydrogen (secondary N) is 2. The molecular weight excluding hydrogens is 314 g/mol. The van der Waals surface area contributed by atoms with E-state index < -0.39 is 0 Å². The van der Waals surface area contributed by atoms with Crippen molar-refractivity contribution in [3.8, 4) is 11.5 Å². The van der Waals surface area contributed by atoms with Gasteiger partial charge < -0.3 is 20.5 Å². The van der Waals surface area contributed by atoms with Crippen LogP contribution in [0.25, 0.3) is 0 Å². The molecule has 0 bridgehead atoms. The summed E-state index contributed by atoms with van der Waals surface area (Å²) in [5.74, 6) is 1.34. The van der Waals surface area contributed by atoms with Gasteiger partial charge in [-0.15, -0.1) is 0 Å². The zero-order chi connectivity index (χ0) is 18.2. The second-order valence-electron chi connectivity index (χ2n) is 5.98. The summed E-state index contributed by atoms with van der Waals surface area (Å²) >= 11 is 0. The number of hydrogen-bond acceptors (Lipinski definition) is 3. The first-order valence-corrected chi connectivity index (χ1v) is 8.47. The highest BCUT2D eigenvalue weighted by atomic mass is 16.5. The molecule has 2 rings (SSSR count). The van der Waals surface area contributed by atoms with E-state index in [0.29, 0.717) is 18.8 Å². The molecule has 5 nitrogen and oxygen atoms in total. The van der Waals surface area contributed by atoms with Gasteiger partial charge in [-0.25, -0.2) is 4.99 Å². The van der Waals surface area contributed by atoms with Gasteiger partial charge in [0.05, 0.1) is 13.7 Å². The molecule has 0 atom stereocenters. The van der Waals surface area contributed by atoms with Crippen LogP contribution >= 0.6 is 0 Å². The van der Waals surface area contributed by atoms with Crippen LogP contribution in [0.15, 0.2) is 41.4 Å². The van der Waals surface area contributed by atoms with Crippen LogP contribution in [-0.4, -0.2) is 24.7 Å². The van der Waals surface area contributed by atoms with E-state index in [1.165, 1.54) is 23.8 Å². The van der Waals surface area contributed by atoms with Gasteiger partial charge in [-0.05, 0) is 49.6 Å². The molecule has 0 saturated carbocycles. The summed E-state index contributed by atoms with van der Waals surface area (Å²) in [5.41, 5.74) is 4.70. The van der Waals surface area contributed by atoms with E-state index in [9.17, 15) is 5.11 Å². The molecule has 25 heavy (non-hydrogen) atoms. The van der Waals surface area contributed by atoms with Gasteiger partial charge in [-0.2, -0.15) is 0 Å². The van der Waals surface area contributed by atoms with Gasteiger partial charge in [0.2, 0.25) is 0 Å². The minimum absolute atomic E-state index is 0.128. The van der Waals surface area contributed by atoms with Crippen molar-refractivity contribution in [1.29, 1.82) is 0 Å². The zero-order valence-corrected chi connectivity index (χ0v) is 15.4. The average molecular weight is 341 g/mol. The Labute approximate surface area is 149 Å². The molecule has 0 aliphatic heterocycles. The van der Waals surface area contributed by atoms with Crippen LogP contribution in [-0.2, 0) is 13.1 Å². The Morgan fingerprint density at radius 1 is 1.12 bits per heavy atom. The van der Waals surface area contributed by atoms with Crippen LogP contribution in [0.4, 0.5) is 0 Å². The first-order valence-electron chi connectivity index (χ1n) is 8.47. The third-order valence-corrected chi connectivity index (χ3v) is 3.95. The number of phenolic OH excluding ortho intramolecular Hbond substituents is 1. The van der Waals surface area contributed by atoms with Gasteiger partial charge in [0.1, 0.15) is 0 Å². The fraction of sp³-hybridized carbons (Fsp3) is 0.350. The minimum Gasteiger partial charge on any atom is -0.504 e. The van der Waals surface area contributed by atoms with Gasteiger partial charge in [-0.1, -0.05) is 29.8 Å². The second kappa shape index (κ2) is 8.97. The Morgan fingerprint density at radius 3 is 2.56 bits per heavy atom. The number of aryl methyl sites for hydroxylation is 2. The van der Waals surface area contributed by atoms with Crippen LogP contribution in [0.5, 0.6) is 11.5 Å². The van der Waals surface area contributed by atoms with Crippen molar-refractivity contribution in [3.63, 3.8) is 0 Å². The Bertz CT molecular complexity index is 742. The van der Waals surface area contributed by atoms with E-state index in [4.69, 9.17) is 4.74 Å². The summed E-state index contributed by atoms with van der Waals surface area (Å²) in [6.45, 7) is 8.22. The van der Waals surface area contributed by atoms with E-state index in [0.717, 1.165) is 18.1 Å². The number of aromatic hydroxyl groups is 1. The number of guanidine groups is 1. The predicted octanol–water partition coefficient (Wildman–Crippen LogP) is 3.27. The Morgan fingerprint density at radius 2 is 1.92 bits per heavy atom. The normalized spacial score (nSPS) is 11.3. The maximum absolute atomic E-state index is 9.86. The molecule has 5 heteroatoms. The van der Waals surface area contributed by atoms with Crippen molar-refractivity contribution in [3.05, 3.63) is 58.7 Å². The molecule has 0 fully saturated rings. The van der Waals surface area contributed by atoms with Crippen LogP contribution in [0.1, 0.15) is 29.2 Å². The minimum atomic E-state index is 0.128.